The summed E-state index contributed by atoms with van der Waals surface area (Å²) in [7, 11) is 3.27. The predicted molar refractivity (Wildman–Crippen MR) is 128 cm³/mol. The van der Waals surface area contributed by atoms with Gasteiger partial charge in [-0.25, -0.2) is 9.97 Å². The number of aromatic nitrogens is 4. The average molecular weight is 457 g/mol. The molecule has 0 bridgehead atoms. The van der Waals surface area contributed by atoms with Crippen molar-refractivity contribution in [2.75, 3.05) is 20.0 Å². The van der Waals surface area contributed by atoms with Crippen LogP contribution >= 0.6 is 0 Å². The van der Waals surface area contributed by atoms with Crippen LogP contribution in [-0.2, 0) is 13.1 Å². The number of hydrogen-bond acceptors (Lipinski definition) is 8. The minimum atomic E-state index is 0.262. The van der Waals surface area contributed by atoms with Crippen LogP contribution in [0.2, 0.25) is 0 Å². The molecule has 34 heavy (non-hydrogen) atoms. The van der Waals surface area contributed by atoms with Crippen molar-refractivity contribution in [3.05, 3.63) is 78.1 Å². The molecule has 172 valence electrons. The van der Waals surface area contributed by atoms with Crippen LogP contribution in [-0.4, -0.2) is 33.8 Å². The van der Waals surface area contributed by atoms with Crippen LogP contribution in [0.1, 0.15) is 11.1 Å². The maximum absolute atomic E-state index is 6.14. The van der Waals surface area contributed by atoms with Gasteiger partial charge in [0, 0.05) is 24.7 Å². The zero-order valence-electron chi connectivity index (χ0n) is 18.9. The number of fused-ring (bicyclic) bond motifs is 1. The predicted octanol–water partition coefficient (Wildman–Crippen LogP) is 3.94. The van der Waals surface area contributed by atoms with Gasteiger partial charge in [-0.1, -0.05) is 30.3 Å². The van der Waals surface area contributed by atoms with Gasteiger partial charge >= 0.3 is 0 Å². The monoisotopic (exact) mass is 456 g/mol. The molecular formula is C25H24N6O3. The van der Waals surface area contributed by atoms with Crippen molar-refractivity contribution >= 4 is 11.6 Å². The number of hydrogen-bond donors (Lipinski definition) is 2. The molecule has 0 spiro atoms. The fourth-order valence-electron chi connectivity index (χ4n) is 3.70. The van der Waals surface area contributed by atoms with Crippen molar-refractivity contribution in [2.24, 2.45) is 0 Å². The summed E-state index contributed by atoms with van der Waals surface area (Å²) in [6.45, 7) is 1.43. The number of benzene rings is 2. The standard InChI is InChI=1S/C25H24N6O3/c1-32-20-10-7-17(12-22(20)33-2)15-27-14-16-5-8-18(9-6-16)19-13-23-29-24(21-4-3-11-34-21)30-31(23)25(26)28-19/h3-13,27H,14-15H2,1-2H3,(H2,26,28). The molecule has 0 amide bonds. The summed E-state index contributed by atoms with van der Waals surface area (Å²) in [4.78, 5) is 9.02. The fraction of sp³-hybridized carbons (Fsp3) is 0.160. The van der Waals surface area contributed by atoms with Gasteiger partial charge in [0.05, 0.1) is 26.2 Å². The Morgan fingerprint density at radius 3 is 2.41 bits per heavy atom. The smallest absolute Gasteiger partial charge is 0.223 e. The van der Waals surface area contributed by atoms with E-state index in [1.807, 2.05) is 36.4 Å². The van der Waals surface area contributed by atoms with E-state index in [4.69, 9.17) is 19.6 Å². The molecule has 9 nitrogen and oxygen atoms in total. The van der Waals surface area contributed by atoms with Crippen LogP contribution in [0.4, 0.5) is 5.95 Å². The molecule has 9 heteroatoms. The zero-order chi connectivity index (χ0) is 23.5. The first-order chi connectivity index (χ1) is 16.6. The minimum absolute atomic E-state index is 0.262. The summed E-state index contributed by atoms with van der Waals surface area (Å²) < 4.78 is 17.6. The third kappa shape index (κ3) is 4.28. The molecule has 0 aliphatic rings. The topological polar surface area (TPSA) is 113 Å². The molecule has 3 aromatic heterocycles. The van der Waals surface area contributed by atoms with Gasteiger partial charge in [0.2, 0.25) is 11.8 Å². The molecule has 5 aromatic rings. The second kappa shape index (κ2) is 9.24. The Hall–Kier alpha value is -4.37. The van der Waals surface area contributed by atoms with Gasteiger partial charge in [-0.05, 0) is 35.4 Å². The number of furan rings is 1. The Kier molecular flexibility index (Phi) is 5.84. The SMILES string of the molecule is COc1ccc(CNCc2ccc(-c3cc4nc(-c5ccco5)nn4c(N)n3)cc2)cc1OC. The molecule has 0 aliphatic carbocycles. The van der Waals surface area contributed by atoms with Crippen LogP contribution in [0.5, 0.6) is 11.5 Å². The Labute approximate surface area is 196 Å². The lowest BCUT2D eigenvalue weighted by molar-refractivity contribution is 0.354. The fourth-order valence-corrected chi connectivity index (χ4v) is 3.70. The normalized spacial score (nSPS) is 11.1. The lowest BCUT2D eigenvalue weighted by Crippen LogP contribution is -2.12. The molecule has 0 unspecified atom stereocenters. The van der Waals surface area contributed by atoms with Crippen molar-refractivity contribution in [1.82, 2.24) is 24.9 Å². The number of methoxy groups -OCH3 is 2. The molecule has 0 saturated carbocycles. The Morgan fingerprint density at radius 2 is 1.68 bits per heavy atom. The summed E-state index contributed by atoms with van der Waals surface area (Å²) in [5, 5.41) is 7.84. The van der Waals surface area contributed by atoms with Gasteiger partial charge in [0.1, 0.15) is 0 Å². The molecule has 0 saturated heterocycles. The Morgan fingerprint density at radius 1 is 0.912 bits per heavy atom. The molecule has 0 atom stereocenters. The molecule has 3 N–H and O–H groups in total. The van der Waals surface area contributed by atoms with Gasteiger partial charge in [0.25, 0.3) is 0 Å². The van der Waals surface area contributed by atoms with E-state index in [0.717, 1.165) is 40.4 Å². The van der Waals surface area contributed by atoms with Crippen LogP contribution in [0.25, 0.3) is 28.5 Å². The van der Waals surface area contributed by atoms with Crippen molar-refractivity contribution < 1.29 is 13.9 Å². The summed E-state index contributed by atoms with van der Waals surface area (Å²) in [5.41, 5.74) is 10.7. The van der Waals surface area contributed by atoms with Crippen LogP contribution in [0.15, 0.2) is 71.3 Å². The van der Waals surface area contributed by atoms with E-state index < -0.39 is 0 Å². The molecule has 5 rings (SSSR count). The Balaban J connectivity index is 1.27. The second-order valence-corrected chi connectivity index (χ2v) is 7.67. The third-order valence-corrected chi connectivity index (χ3v) is 5.45. The van der Waals surface area contributed by atoms with Crippen molar-refractivity contribution in [3.63, 3.8) is 0 Å². The van der Waals surface area contributed by atoms with Gasteiger partial charge in [0.15, 0.2) is 22.9 Å². The number of nitrogens with one attached hydrogen (secondary N) is 1. The lowest BCUT2D eigenvalue weighted by Gasteiger charge is -2.10. The molecule has 3 heterocycles. The third-order valence-electron chi connectivity index (χ3n) is 5.45. The first kappa shape index (κ1) is 21.5. The number of nitrogens with zero attached hydrogens (tertiary/aromatic N) is 4. The lowest BCUT2D eigenvalue weighted by atomic mass is 10.1. The summed E-state index contributed by atoms with van der Waals surface area (Å²) in [6.07, 6.45) is 1.58. The van der Waals surface area contributed by atoms with Crippen molar-refractivity contribution in [3.8, 4) is 34.3 Å². The van der Waals surface area contributed by atoms with Crippen LogP contribution < -0.4 is 20.5 Å². The van der Waals surface area contributed by atoms with E-state index in [2.05, 4.69) is 32.5 Å². The van der Waals surface area contributed by atoms with E-state index in [0.29, 0.717) is 23.8 Å². The summed E-state index contributed by atoms with van der Waals surface area (Å²) in [5.74, 6) is 2.75. The maximum atomic E-state index is 6.14. The number of anilines is 1. The number of nitrogen functional groups attached to an aromatic ring is 1. The van der Waals surface area contributed by atoms with E-state index in [1.54, 1.807) is 32.6 Å². The highest BCUT2D eigenvalue weighted by Crippen LogP contribution is 2.27. The van der Waals surface area contributed by atoms with Crippen LogP contribution in [0, 0.1) is 0 Å². The quantitative estimate of drug-likeness (QED) is 0.361. The van der Waals surface area contributed by atoms with Crippen LogP contribution in [0.3, 0.4) is 0 Å². The minimum Gasteiger partial charge on any atom is -0.493 e. The summed E-state index contributed by atoms with van der Waals surface area (Å²) in [6, 6.07) is 19.5. The number of ether oxygens (including phenoxy) is 2. The highest BCUT2D eigenvalue weighted by atomic mass is 16.5. The number of rotatable bonds is 8. The second-order valence-electron chi connectivity index (χ2n) is 7.67. The zero-order valence-corrected chi connectivity index (χ0v) is 18.9. The molecule has 0 fully saturated rings. The highest BCUT2D eigenvalue weighted by Gasteiger charge is 2.13. The largest absolute Gasteiger partial charge is 0.493 e. The summed E-state index contributed by atoms with van der Waals surface area (Å²) >= 11 is 0. The van der Waals surface area contributed by atoms with Gasteiger partial charge < -0.3 is 24.9 Å². The van der Waals surface area contributed by atoms with Gasteiger partial charge in [-0.15, -0.1) is 5.10 Å². The molecule has 0 radical (unpaired) electrons. The molecule has 0 aliphatic heterocycles. The van der Waals surface area contributed by atoms with Gasteiger partial charge in [-0.3, -0.25) is 0 Å². The maximum Gasteiger partial charge on any atom is 0.223 e. The van der Waals surface area contributed by atoms with E-state index in [-0.39, 0.29) is 5.95 Å². The average Bonchev–Trinajstić information content (AvgIpc) is 3.55. The Bertz CT molecular complexity index is 1410. The van der Waals surface area contributed by atoms with E-state index in [1.165, 1.54) is 4.52 Å². The van der Waals surface area contributed by atoms with Gasteiger partial charge in [-0.2, -0.15) is 4.52 Å². The van der Waals surface area contributed by atoms with E-state index >= 15 is 0 Å². The highest BCUT2D eigenvalue weighted by molar-refractivity contribution is 5.66. The molecular weight excluding hydrogens is 432 g/mol. The van der Waals surface area contributed by atoms with E-state index in [9.17, 15) is 0 Å². The van der Waals surface area contributed by atoms with Crippen molar-refractivity contribution in [2.45, 2.75) is 13.1 Å². The first-order valence-corrected chi connectivity index (χ1v) is 10.7. The molecule has 2 aromatic carbocycles. The van der Waals surface area contributed by atoms with Crippen molar-refractivity contribution in [1.29, 1.82) is 0 Å². The first-order valence-electron chi connectivity index (χ1n) is 10.7. The number of nitrogens with two attached hydrogens (primary N) is 1.